The van der Waals surface area contributed by atoms with Crippen LogP contribution in [0.2, 0.25) is 0 Å². The van der Waals surface area contributed by atoms with Gasteiger partial charge < -0.3 is 9.47 Å². The van der Waals surface area contributed by atoms with E-state index in [2.05, 4.69) is 10.5 Å². The van der Waals surface area contributed by atoms with Crippen LogP contribution in [0.15, 0.2) is 82.8 Å². The molecule has 1 N–H and O–H groups in total. The zero-order chi connectivity index (χ0) is 26.3. The van der Waals surface area contributed by atoms with Crippen molar-refractivity contribution in [3.8, 4) is 11.5 Å². The highest BCUT2D eigenvalue weighted by Gasteiger charge is 2.32. The van der Waals surface area contributed by atoms with Gasteiger partial charge in [-0.3, -0.25) is 9.10 Å². The summed E-state index contributed by atoms with van der Waals surface area (Å²) >= 11 is 0. The molecule has 190 valence electrons. The number of hydrogen-bond acceptors (Lipinski definition) is 6. The largest absolute Gasteiger partial charge is 0.493 e. The molecule has 0 atom stereocenters. The number of ether oxygens (including phenoxy) is 2. The molecule has 0 aliphatic rings. The Morgan fingerprint density at radius 2 is 1.61 bits per heavy atom. The number of nitrogens with zero attached hydrogens (tertiary/aromatic N) is 2. The number of methoxy groups -OCH3 is 2. The van der Waals surface area contributed by atoms with Gasteiger partial charge in [-0.25, -0.2) is 13.8 Å². The van der Waals surface area contributed by atoms with Gasteiger partial charge >= 0.3 is 6.18 Å². The molecule has 0 spiro atoms. The van der Waals surface area contributed by atoms with Gasteiger partial charge in [-0.05, 0) is 30.3 Å². The predicted octanol–water partition coefficient (Wildman–Crippen LogP) is 4.07. The fraction of sp³-hybridized carbons (Fsp3) is 0.167. The van der Waals surface area contributed by atoms with Gasteiger partial charge in [-0.1, -0.05) is 36.4 Å². The molecule has 1 amide bonds. The molecule has 0 bridgehead atoms. The topological polar surface area (TPSA) is 97.3 Å². The average molecular weight is 522 g/mol. The zero-order valence-electron chi connectivity index (χ0n) is 19.2. The normalized spacial score (nSPS) is 11.8. The van der Waals surface area contributed by atoms with Crippen molar-refractivity contribution in [3.05, 3.63) is 83.9 Å². The average Bonchev–Trinajstić information content (AvgIpc) is 2.87. The van der Waals surface area contributed by atoms with E-state index in [9.17, 15) is 26.4 Å². The number of sulfonamides is 1. The Kier molecular flexibility index (Phi) is 8.20. The number of rotatable bonds is 9. The lowest BCUT2D eigenvalue weighted by Gasteiger charge is -2.24. The van der Waals surface area contributed by atoms with E-state index in [-0.39, 0.29) is 21.9 Å². The van der Waals surface area contributed by atoms with Crippen molar-refractivity contribution in [1.29, 1.82) is 0 Å². The second-order valence-electron chi connectivity index (χ2n) is 7.24. The quantitative estimate of drug-likeness (QED) is 0.338. The van der Waals surface area contributed by atoms with Crippen molar-refractivity contribution in [1.82, 2.24) is 5.43 Å². The van der Waals surface area contributed by atoms with Crippen LogP contribution in [-0.4, -0.2) is 41.3 Å². The molecule has 0 saturated heterocycles. The summed E-state index contributed by atoms with van der Waals surface area (Å²) in [6.45, 7) is -0.695. The van der Waals surface area contributed by atoms with Crippen LogP contribution in [0.1, 0.15) is 11.1 Å². The van der Waals surface area contributed by atoms with Gasteiger partial charge in [0.05, 0.1) is 36.6 Å². The van der Waals surface area contributed by atoms with Gasteiger partial charge in [0.25, 0.3) is 15.9 Å². The lowest BCUT2D eigenvalue weighted by atomic mass is 10.1. The van der Waals surface area contributed by atoms with Crippen LogP contribution in [-0.2, 0) is 21.0 Å². The summed E-state index contributed by atoms with van der Waals surface area (Å²) < 4.78 is 77.6. The number of nitrogens with one attached hydrogen (secondary N) is 1. The van der Waals surface area contributed by atoms with E-state index in [0.717, 1.165) is 16.6 Å². The zero-order valence-corrected chi connectivity index (χ0v) is 20.0. The summed E-state index contributed by atoms with van der Waals surface area (Å²) in [7, 11) is -1.52. The number of para-hydroxylation sites is 1. The van der Waals surface area contributed by atoms with Crippen molar-refractivity contribution in [2.75, 3.05) is 25.1 Å². The minimum Gasteiger partial charge on any atom is -0.493 e. The molecule has 8 nitrogen and oxygen atoms in total. The van der Waals surface area contributed by atoms with Crippen LogP contribution in [0.4, 0.5) is 18.9 Å². The molecule has 0 unspecified atom stereocenters. The SMILES string of the molecule is COc1ccc(S(=O)(=O)N(CC(=O)N/N=C\c2ccccc2C(F)(F)F)c2ccccc2)cc1OC. The summed E-state index contributed by atoms with van der Waals surface area (Å²) in [4.78, 5) is 12.4. The van der Waals surface area contributed by atoms with Crippen LogP contribution in [0.3, 0.4) is 0 Å². The molecule has 0 aliphatic heterocycles. The van der Waals surface area contributed by atoms with E-state index in [4.69, 9.17) is 9.47 Å². The molecule has 36 heavy (non-hydrogen) atoms. The van der Waals surface area contributed by atoms with E-state index in [1.807, 2.05) is 0 Å². The molecule has 0 radical (unpaired) electrons. The number of alkyl halides is 3. The molecule has 3 aromatic rings. The molecule has 0 heterocycles. The maximum absolute atomic E-state index is 13.5. The Bertz CT molecular complexity index is 1350. The third kappa shape index (κ3) is 6.13. The molecule has 0 fully saturated rings. The maximum Gasteiger partial charge on any atom is 0.417 e. The number of benzene rings is 3. The minimum absolute atomic E-state index is 0.167. The number of hydrogen-bond donors (Lipinski definition) is 1. The molecule has 0 aromatic heterocycles. The summed E-state index contributed by atoms with van der Waals surface area (Å²) in [5.41, 5.74) is 1.09. The van der Waals surface area contributed by atoms with Gasteiger partial charge in [0.1, 0.15) is 6.54 Å². The highest BCUT2D eigenvalue weighted by molar-refractivity contribution is 7.92. The van der Waals surface area contributed by atoms with Gasteiger partial charge in [0.2, 0.25) is 0 Å². The number of amides is 1. The molecule has 0 aliphatic carbocycles. The first-order chi connectivity index (χ1) is 17.1. The molecular formula is C24H22F3N3O5S. The van der Waals surface area contributed by atoms with E-state index < -0.39 is 34.2 Å². The molecular weight excluding hydrogens is 499 g/mol. The van der Waals surface area contributed by atoms with E-state index in [0.29, 0.717) is 5.75 Å². The van der Waals surface area contributed by atoms with E-state index >= 15 is 0 Å². The summed E-state index contributed by atoms with van der Waals surface area (Å²) in [5, 5.41) is 3.58. The predicted molar refractivity (Wildman–Crippen MR) is 128 cm³/mol. The van der Waals surface area contributed by atoms with Crippen molar-refractivity contribution in [2.24, 2.45) is 5.10 Å². The van der Waals surface area contributed by atoms with E-state index in [1.165, 1.54) is 62.8 Å². The lowest BCUT2D eigenvalue weighted by Crippen LogP contribution is -2.39. The first-order valence-electron chi connectivity index (χ1n) is 10.4. The summed E-state index contributed by atoms with van der Waals surface area (Å²) in [5.74, 6) is -0.387. The number of anilines is 1. The summed E-state index contributed by atoms with van der Waals surface area (Å²) in [6.07, 6.45) is -3.76. The number of hydrazone groups is 1. The van der Waals surface area contributed by atoms with Gasteiger partial charge in [0.15, 0.2) is 11.5 Å². The van der Waals surface area contributed by atoms with Gasteiger partial charge in [-0.2, -0.15) is 18.3 Å². The van der Waals surface area contributed by atoms with Crippen molar-refractivity contribution < 1.29 is 35.9 Å². The lowest BCUT2D eigenvalue weighted by molar-refractivity contribution is -0.137. The van der Waals surface area contributed by atoms with E-state index in [1.54, 1.807) is 18.2 Å². The maximum atomic E-state index is 13.5. The van der Waals surface area contributed by atoms with Crippen LogP contribution >= 0.6 is 0 Å². The second-order valence-corrected chi connectivity index (χ2v) is 9.10. The molecule has 3 rings (SSSR count). The Morgan fingerprint density at radius 3 is 2.25 bits per heavy atom. The number of halogens is 3. The third-order valence-electron chi connectivity index (χ3n) is 4.93. The number of carbonyl (C=O) groups excluding carboxylic acids is 1. The smallest absolute Gasteiger partial charge is 0.417 e. The standard InChI is InChI=1S/C24H22F3N3O5S/c1-34-21-13-12-19(14-22(21)35-2)36(32,33)30(18-9-4-3-5-10-18)16-23(31)29-28-15-17-8-6-7-11-20(17)24(25,26)27/h3-15H,16H2,1-2H3,(H,29,31)/b28-15-. The molecule has 12 heteroatoms. The van der Waals surface area contributed by atoms with Crippen molar-refractivity contribution >= 4 is 27.8 Å². The first kappa shape index (κ1) is 26.5. The van der Waals surface area contributed by atoms with Crippen LogP contribution in [0.25, 0.3) is 0 Å². The van der Waals surface area contributed by atoms with Crippen LogP contribution < -0.4 is 19.2 Å². The fourth-order valence-electron chi connectivity index (χ4n) is 3.22. The van der Waals surface area contributed by atoms with Crippen molar-refractivity contribution in [2.45, 2.75) is 11.1 Å². The highest BCUT2D eigenvalue weighted by atomic mass is 32.2. The third-order valence-corrected chi connectivity index (χ3v) is 6.70. The Morgan fingerprint density at radius 1 is 0.972 bits per heavy atom. The second kappa shape index (κ2) is 11.1. The number of carbonyl (C=O) groups is 1. The van der Waals surface area contributed by atoms with Crippen LogP contribution in [0.5, 0.6) is 11.5 Å². The summed E-state index contributed by atoms with van der Waals surface area (Å²) in [6, 6.07) is 16.5. The first-order valence-corrected chi connectivity index (χ1v) is 11.8. The monoisotopic (exact) mass is 521 g/mol. The minimum atomic E-state index is -4.61. The Labute approximate surface area is 206 Å². The Balaban J connectivity index is 1.87. The molecule has 0 saturated carbocycles. The van der Waals surface area contributed by atoms with Crippen LogP contribution in [0, 0.1) is 0 Å². The molecule has 3 aromatic carbocycles. The van der Waals surface area contributed by atoms with Gasteiger partial charge in [-0.15, -0.1) is 0 Å². The fourth-order valence-corrected chi connectivity index (χ4v) is 4.66. The highest BCUT2D eigenvalue weighted by Crippen LogP contribution is 2.32. The van der Waals surface area contributed by atoms with Gasteiger partial charge in [0, 0.05) is 11.6 Å². The van der Waals surface area contributed by atoms with Crippen molar-refractivity contribution in [3.63, 3.8) is 0 Å². The Hall–Kier alpha value is -4.06.